The van der Waals surface area contributed by atoms with E-state index in [1.165, 1.54) is 110 Å². The first kappa shape index (κ1) is 30.8. The first-order valence-corrected chi connectivity index (χ1v) is 10.6. The van der Waals surface area contributed by atoms with E-state index < -0.39 is 5.97 Å². The standard InChI is InChI=1S/C18H39N.C3H6O2.K/c1-2-3-4-5-6-7-8-9-10-11-12-13-14-15-16-17-18-19;1-2-3(4)5;/h2-19H2,1H3;2H2,1H3,(H,4,5);/q;;+1/p-1. The maximum Gasteiger partial charge on any atom is 1.00 e. The van der Waals surface area contributed by atoms with Crippen LogP contribution in [0, 0.1) is 0 Å². The van der Waals surface area contributed by atoms with Gasteiger partial charge in [0.25, 0.3) is 0 Å². The summed E-state index contributed by atoms with van der Waals surface area (Å²) in [5.41, 5.74) is 5.48. The molecule has 0 aromatic heterocycles. The molecule has 0 heterocycles. The SMILES string of the molecule is CCC(=O)[O-].CCCCCCCCCCCCCCCCCCN.[K+]. The van der Waals surface area contributed by atoms with Crippen molar-refractivity contribution in [2.45, 2.75) is 123 Å². The molecule has 0 aliphatic carbocycles. The van der Waals surface area contributed by atoms with Crippen LogP contribution in [0.25, 0.3) is 0 Å². The van der Waals surface area contributed by atoms with E-state index in [0.29, 0.717) is 0 Å². The molecule has 2 N–H and O–H groups in total. The van der Waals surface area contributed by atoms with Gasteiger partial charge in [0.1, 0.15) is 0 Å². The van der Waals surface area contributed by atoms with E-state index in [4.69, 9.17) is 5.73 Å². The van der Waals surface area contributed by atoms with Gasteiger partial charge in [0.15, 0.2) is 0 Å². The van der Waals surface area contributed by atoms with Crippen molar-refractivity contribution in [1.82, 2.24) is 0 Å². The third-order valence-corrected chi connectivity index (χ3v) is 4.35. The second-order valence-corrected chi connectivity index (χ2v) is 6.82. The van der Waals surface area contributed by atoms with E-state index in [9.17, 15) is 9.90 Å². The number of carboxylic acid groups (broad SMARTS) is 1. The summed E-state index contributed by atoms with van der Waals surface area (Å²) in [5.74, 6) is -0.995. The number of carboxylic acids is 1. The molecule has 0 aliphatic rings. The summed E-state index contributed by atoms with van der Waals surface area (Å²) in [7, 11) is 0. The van der Waals surface area contributed by atoms with Gasteiger partial charge in [-0.05, 0) is 19.4 Å². The van der Waals surface area contributed by atoms with E-state index in [1.807, 2.05) is 0 Å². The summed E-state index contributed by atoms with van der Waals surface area (Å²) in [6.45, 7) is 4.70. The fraction of sp³-hybridized carbons (Fsp3) is 0.952. The molecule has 0 spiro atoms. The van der Waals surface area contributed by atoms with Gasteiger partial charge in [-0.15, -0.1) is 0 Å². The normalized spacial score (nSPS) is 9.88. The number of unbranched alkanes of at least 4 members (excludes halogenated alkanes) is 15. The van der Waals surface area contributed by atoms with Crippen molar-refractivity contribution < 1.29 is 61.3 Å². The van der Waals surface area contributed by atoms with Crippen LogP contribution in [-0.2, 0) is 4.79 Å². The summed E-state index contributed by atoms with van der Waals surface area (Å²) in [4.78, 5) is 9.26. The summed E-state index contributed by atoms with van der Waals surface area (Å²) >= 11 is 0. The molecule has 0 aromatic carbocycles. The Morgan fingerprint density at radius 3 is 1.08 bits per heavy atom. The molecular weight excluding hydrogens is 337 g/mol. The third kappa shape index (κ3) is 36.7. The Bertz CT molecular complexity index is 222. The average molecular weight is 382 g/mol. The van der Waals surface area contributed by atoms with Gasteiger partial charge in [0.2, 0.25) is 0 Å². The zero-order chi connectivity index (χ0) is 18.3. The Labute approximate surface area is 200 Å². The Morgan fingerprint density at radius 1 is 0.640 bits per heavy atom. The van der Waals surface area contributed by atoms with Crippen molar-refractivity contribution in [3.63, 3.8) is 0 Å². The zero-order valence-corrected chi connectivity index (χ0v) is 20.7. The monoisotopic (exact) mass is 381 g/mol. The molecule has 0 aliphatic heterocycles. The summed E-state index contributed by atoms with van der Waals surface area (Å²) in [5, 5.41) is 9.26. The molecule has 0 saturated carbocycles. The molecular formula is C21H44KNO2. The van der Waals surface area contributed by atoms with Crippen LogP contribution >= 0.6 is 0 Å². The molecule has 3 nitrogen and oxygen atoms in total. The van der Waals surface area contributed by atoms with Crippen LogP contribution in [0.2, 0.25) is 0 Å². The molecule has 0 bridgehead atoms. The van der Waals surface area contributed by atoms with E-state index in [1.54, 1.807) is 0 Å². The molecule has 0 aromatic rings. The number of aliphatic carboxylic acids is 1. The average Bonchev–Trinajstić information content (AvgIpc) is 2.59. The van der Waals surface area contributed by atoms with Gasteiger partial charge in [-0.3, -0.25) is 0 Å². The molecule has 0 atom stereocenters. The summed E-state index contributed by atoms with van der Waals surface area (Å²) < 4.78 is 0. The first-order chi connectivity index (χ1) is 11.7. The van der Waals surface area contributed by atoms with E-state index in [2.05, 4.69) is 6.92 Å². The maximum atomic E-state index is 9.26. The van der Waals surface area contributed by atoms with Gasteiger partial charge in [-0.25, -0.2) is 0 Å². The van der Waals surface area contributed by atoms with Crippen LogP contribution < -0.4 is 62.2 Å². The van der Waals surface area contributed by atoms with Gasteiger partial charge in [-0.1, -0.05) is 110 Å². The Balaban J connectivity index is -0.000000704. The number of hydrogen-bond acceptors (Lipinski definition) is 3. The predicted octanol–water partition coefficient (Wildman–Crippen LogP) is 2.36. The van der Waals surface area contributed by atoms with Crippen molar-refractivity contribution in [2.24, 2.45) is 5.73 Å². The van der Waals surface area contributed by atoms with Gasteiger partial charge in [-0.2, -0.15) is 0 Å². The largest absolute Gasteiger partial charge is 1.00 e. The van der Waals surface area contributed by atoms with Crippen molar-refractivity contribution in [3.8, 4) is 0 Å². The smallest absolute Gasteiger partial charge is 0.550 e. The van der Waals surface area contributed by atoms with E-state index in [0.717, 1.165) is 6.54 Å². The summed E-state index contributed by atoms with van der Waals surface area (Å²) in [6, 6.07) is 0. The zero-order valence-electron chi connectivity index (χ0n) is 17.6. The van der Waals surface area contributed by atoms with Crippen LogP contribution in [0.1, 0.15) is 123 Å². The third-order valence-electron chi connectivity index (χ3n) is 4.35. The van der Waals surface area contributed by atoms with Gasteiger partial charge >= 0.3 is 51.4 Å². The van der Waals surface area contributed by atoms with Crippen LogP contribution in [0.4, 0.5) is 0 Å². The minimum absolute atomic E-state index is 0. The minimum atomic E-state index is -0.995. The second kappa shape index (κ2) is 29.8. The van der Waals surface area contributed by atoms with Crippen LogP contribution in [0.5, 0.6) is 0 Å². The summed E-state index contributed by atoms with van der Waals surface area (Å²) in [6.07, 6.45) is 23.0. The Morgan fingerprint density at radius 2 is 0.880 bits per heavy atom. The fourth-order valence-electron chi connectivity index (χ4n) is 2.69. The van der Waals surface area contributed by atoms with Crippen molar-refractivity contribution in [1.29, 1.82) is 0 Å². The van der Waals surface area contributed by atoms with Gasteiger partial charge < -0.3 is 15.6 Å². The van der Waals surface area contributed by atoms with Crippen molar-refractivity contribution >= 4 is 5.97 Å². The van der Waals surface area contributed by atoms with Crippen LogP contribution in [0.3, 0.4) is 0 Å². The predicted molar refractivity (Wildman–Crippen MR) is 104 cm³/mol. The maximum absolute atomic E-state index is 9.26. The number of carbonyl (C=O) groups excluding carboxylic acids is 1. The molecule has 4 heteroatoms. The molecule has 0 amide bonds. The second-order valence-electron chi connectivity index (χ2n) is 6.82. The van der Waals surface area contributed by atoms with Crippen LogP contribution in [-0.4, -0.2) is 12.5 Å². The first-order valence-electron chi connectivity index (χ1n) is 10.6. The van der Waals surface area contributed by atoms with E-state index >= 15 is 0 Å². The Hall–Kier alpha value is 1.07. The molecule has 0 rings (SSSR count). The molecule has 0 saturated heterocycles. The van der Waals surface area contributed by atoms with Crippen molar-refractivity contribution in [3.05, 3.63) is 0 Å². The molecule has 25 heavy (non-hydrogen) atoms. The number of rotatable bonds is 17. The van der Waals surface area contributed by atoms with E-state index in [-0.39, 0.29) is 57.8 Å². The molecule has 0 radical (unpaired) electrons. The van der Waals surface area contributed by atoms with Crippen LogP contribution in [0.15, 0.2) is 0 Å². The van der Waals surface area contributed by atoms with Crippen molar-refractivity contribution in [2.75, 3.05) is 6.54 Å². The Kier molecular flexibility index (Phi) is 36.7. The van der Waals surface area contributed by atoms with Gasteiger partial charge in [0, 0.05) is 5.97 Å². The molecule has 146 valence electrons. The number of hydrogen-bond donors (Lipinski definition) is 1. The number of nitrogens with two attached hydrogens (primary N) is 1. The quantitative estimate of drug-likeness (QED) is 0.311. The fourth-order valence-corrected chi connectivity index (χ4v) is 2.69. The number of carbonyl (C=O) groups is 1. The topological polar surface area (TPSA) is 66.1 Å². The molecule has 0 fully saturated rings. The minimum Gasteiger partial charge on any atom is -0.550 e. The van der Waals surface area contributed by atoms with Gasteiger partial charge in [0.05, 0.1) is 0 Å². The molecule has 0 unspecified atom stereocenters.